The van der Waals surface area contributed by atoms with Crippen molar-refractivity contribution in [1.29, 1.82) is 0 Å². The monoisotopic (exact) mass is 298 g/mol. The average molecular weight is 298 g/mol. The molecule has 2 heterocycles. The summed E-state index contributed by atoms with van der Waals surface area (Å²) in [5, 5.41) is 9.07. The van der Waals surface area contributed by atoms with Gasteiger partial charge in [-0.2, -0.15) is 0 Å². The van der Waals surface area contributed by atoms with Gasteiger partial charge in [-0.05, 0) is 6.92 Å². The van der Waals surface area contributed by atoms with Crippen LogP contribution in [0.3, 0.4) is 0 Å². The number of carboxylic acid groups (broad SMARTS) is 1. The maximum Gasteiger partial charge on any atom is 0.336 e. The Morgan fingerprint density at radius 3 is 2.71 bits per heavy atom. The van der Waals surface area contributed by atoms with Gasteiger partial charge in [-0.3, -0.25) is 19.1 Å². The first kappa shape index (κ1) is 15.0. The first-order valence-corrected chi connectivity index (χ1v) is 6.17. The van der Waals surface area contributed by atoms with Gasteiger partial charge in [0.15, 0.2) is 6.10 Å². The first-order chi connectivity index (χ1) is 9.79. The Balaban J connectivity index is 2.32. The molecule has 1 aromatic rings. The Bertz CT molecular complexity index is 690. The number of ether oxygens (including phenoxy) is 2. The maximum atomic E-state index is 11.8. The molecule has 3 atom stereocenters. The highest BCUT2D eigenvalue weighted by Crippen LogP contribution is 2.30. The van der Waals surface area contributed by atoms with Gasteiger partial charge in [0.1, 0.15) is 12.3 Å². The van der Waals surface area contributed by atoms with Gasteiger partial charge >= 0.3 is 17.6 Å². The number of nitrogens with one attached hydrogen (secondary N) is 1. The van der Waals surface area contributed by atoms with Crippen molar-refractivity contribution in [2.75, 3.05) is 0 Å². The lowest BCUT2D eigenvalue weighted by molar-refractivity contribution is -0.162. The van der Waals surface area contributed by atoms with E-state index in [0.717, 1.165) is 11.5 Å². The molecule has 2 N–H and O–H groups in total. The van der Waals surface area contributed by atoms with Crippen LogP contribution in [0.4, 0.5) is 0 Å². The molecule has 0 bridgehead atoms. The number of esters is 1. The fraction of sp³-hybridized carbons (Fsp3) is 0.500. The lowest BCUT2D eigenvalue weighted by atomic mass is 10.2. The number of hydrogen-bond donors (Lipinski definition) is 2. The van der Waals surface area contributed by atoms with E-state index in [1.165, 1.54) is 13.1 Å². The molecule has 1 aliphatic rings. The molecule has 21 heavy (non-hydrogen) atoms. The zero-order valence-electron chi connectivity index (χ0n) is 11.4. The van der Waals surface area contributed by atoms with Gasteiger partial charge in [0.25, 0.3) is 5.56 Å². The fourth-order valence-electron chi connectivity index (χ4n) is 2.15. The number of aromatic amines is 1. The Hall–Kier alpha value is -2.42. The third kappa shape index (κ3) is 3.02. The zero-order chi connectivity index (χ0) is 15.7. The summed E-state index contributed by atoms with van der Waals surface area (Å²) >= 11 is 0. The molecule has 0 saturated carbocycles. The molecule has 0 amide bonds. The molecule has 0 spiro atoms. The second-order valence-corrected chi connectivity index (χ2v) is 4.71. The van der Waals surface area contributed by atoms with E-state index in [9.17, 15) is 19.2 Å². The number of aryl methyl sites for hydroxylation is 1. The van der Waals surface area contributed by atoms with Crippen LogP contribution in [0.25, 0.3) is 0 Å². The highest BCUT2D eigenvalue weighted by molar-refractivity contribution is 5.74. The molecule has 0 radical (unpaired) electrons. The molecular weight excluding hydrogens is 284 g/mol. The highest BCUT2D eigenvalue weighted by Gasteiger charge is 2.43. The lowest BCUT2D eigenvalue weighted by Gasteiger charge is -2.13. The van der Waals surface area contributed by atoms with Crippen molar-refractivity contribution in [3.8, 4) is 0 Å². The van der Waals surface area contributed by atoms with Crippen molar-refractivity contribution >= 4 is 11.9 Å². The molecule has 1 aromatic heterocycles. The molecule has 114 valence electrons. The lowest BCUT2D eigenvalue weighted by Crippen LogP contribution is -2.34. The number of nitrogens with zero attached hydrogens (tertiary/aromatic N) is 1. The number of aliphatic carboxylic acids is 1. The van der Waals surface area contributed by atoms with E-state index in [1.807, 2.05) is 0 Å². The molecule has 0 unspecified atom stereocenters. The van der Waals surface area contributed by atoms with Crippen molar-refractivity contribution in [3.63, 3.8) is 0 Å². The summed E-state index contributed by atoms with van der Waals surface area (Å²) in [7, 11) is 0. The van der Waals surface area contributed by atoms with Crippen LogP contribution in [-0.4, -0.2) is 38.8 Å². The van der Waals surface area contributed by atoms with E-state index in [1.54, 1.807) is 0 Å². The SMILES string of the molecule is CC(=O)O[C@H]1C[C@H](n2cc(C)c(=O)[nH]c2=O)O[C@@H]1C(=O)O. The number of hydrogen-bond acceptors (Lipinski definition) is 6. The molecule has 9 nitrogen and oxygen atoms in total. The predicted octanol–water partition coefficient (Wildman–Crippen LogP) is -0.851. The summed E-state index contributed by atoms with van der Waals surface area (Å²) in [5.74, 6) is -1.93. The Morgan fingerprint density at radius 1 is 1.48 bits per heavy atom. The Labute approximate surface area is 118 Å². The predicted molar refractivity (Wildman–Crippen MR) is 67.8 cm³/mol. The van der Waals surface area contributed by atoms with E-state index in [2.05, 4.69) is 4.98 Å². The second kappa shape index (κ2) is 5.52. The van der Waals surface area contributed by atoms with Crippen molar-refractivity contribution in [2.24, 2.45) is 0 Å². The zero-order valence-corrected chi connectivity index (χ0v) is 11.4. The molecular formula is C12H14N2O7. The molecule has 0 aromatic carbocycles. The largest absolute Gasteiger partial charge is 0.479 e. The van der Waals surface area contributed by atoms with Crippen molar-refractivity contribution in [2.45, 2.75) is 38.7 Å². The van der Waals surface area contributed by atoms with Crippen molar-refractivity contribution < 1.29 is 24.2 Å². The number of carbonyl (C=O) groups is 2. The summed E-state index contributed by atoms with van der Waals surface area (Å²) in [6, 6.07) is 0. The molecule has 1 saturated heterocycles. The first-order valence-electron chi connectivity index (χ1n) is 6.17. The van der Waals surface area contributed by atoms with Gasteiger partial charge in [-0.15, -0.1) is 0 Å². The van der Waals surface area contributed by atoms with Gasteiger partial charge in [0.05, 0.1) is 0 Å². The maximum absolute atomic E-state index is 11.8. The van der Waals surface area contributed by atoms with Crippen LogP contribution in [0, 0.1) is 6.92 Å². The number of carboxylic acids is 1. The summed E-state index contributed by atoms with van der Waals surface area (Å²) in [6.07, 6.45) is -2.01. The van der Waals surface area contributed by atoms with Crippen LogP contribution in [0.15, 0.2) is 15.8 Å². The molecule has 0 aliphatic carbocycles. The summed E-state index contributed by atoms with van der Waals surface area (Å²) in [6.45, 7) is 2.66. The fourth-order valence-corrected chi connectivity index (χ4v) is 2.15. The van der Waals surface area contributed by atoms with E-state index in [4.69, 9.17) is 14.6 Å². The summed E-state index contributed by atoms with van der Waals surface area (Å²) in [4.78, 5) is 47.3. The Kier molecular flexibility index (Phi) is 3.94. The van der Waals surface area contributed by atoms with Crippen LogP contribution >= 0.6 is 0 Å². The smallest absolute Gasteiger partial charge is 0.336 e. The van der Waals surface area contributed by atoms with Gasteiger partial charge in [-0.25, -0.2) is 9.59 Å². The topological polar surface area (TPSA) is 128 Å². The quantitative estimate of drug-likeness (QED) is 0.695. The third-order valence-corrected chi connectivity index (χ3v) is 3.09. The summed E-state index contributed by atoms with van der Waals surface area (Å²) in [5.41, 5.74) is -0.968. The van der Waals surface area contributed by atoms with Crippen molar-refractivity contribution in [1.82, 2.24) is 9.55 Å². The molecule has 2 rings (SSSR count). The normalized spacial score (nSPS) is 24.8. The third-order valence-electron chi connectivity index (χ3n) is 3.09. The highest BCUT2D eigenvalue weighted by atomic mass is 16.6. The molecule has 1 fully saturated rings. The van der Waals surface area contributed by atoms with Crippen LogP contribution in [0.1, 0.15) is 25.1 Å². The molecule has 9 heteroatoms. The Morgan fingerprint density at radius 2 is 2.14 bits per heavy atom. The van der Waals surface area contributed by atoms with Gasteiger partial charge in [0.2, 0.25) is 0 Å². The van der Waals surface area contributed by atoms with E-state index < -0.39 is 41.6 Å². The van der Waals surface area contributed by atoms with Crippen LogP contribution < -0.4 is 11.2 Å². The van der Waals surface area contributed by atoms with Gasteiger partial charge < -0.3 is 14.6 Å². The number of H-pyrrole nitrogens is 1. The number of aromatic nitrogens is 2. The van der Waals surface area contributed by atoms with Crippen LogP contribution in [0.5, 0.6) is 0 Å². The minimum absolute atomic E-state index is 0.00192. The van der Waals surface area contributed by atoms with Crippen LogP contribution in [-0.2, 0) is 19.1 Å². The van der Waals surface area contributed by atoms with E-state index >= 15 is 0 Å². The standard InChI is InChI=1S/C12H14N2O7/c1-5-4-14(12(19)13-10(5)16)8-3-7(20-6(2)15)9(21-8)11(17)18/h4,7-9H,3H2,1-2H3,(H,17,18)(H,13,16,19)/t7-,8+,9-/m0/s1. The average Bonchev–Trinajstić information content (AvgIpc) is 2.76. The molecule has 1 aliphatic heterocycles. The summed E-state index contributed by atoms with van der Waals surface area (Å²) < 4.78 is 11.2. The van der Waals surface area contributed by atoms with Crippen molar-refractivity contribution in [3.05, 3.63) is 32.6 Å². The van der Waals surface area contributed by atoms with E-state index in [-0.39, 0.29) is 12.0 Å². The minimum atomic E-state index is -1.36. The van der Waals surface area contributed by atoms with E-state index in [0.29, 0.717) is 0 Å². The number of carbonyl (C=O) groups excluding carboxylic acids is 1. The van der Waals surface area contributed by atoms with Crippen LogP contribution in [0.2, 0.25) is 0 Å². The second-order valence-electron chi connectivity index (χ2n) is 4.71. The minimum Gasteiger partial charge on any atom is -0.479 e. The number of rotatable bonds is 3. The van der Waals surface area contributed by atoms with Gasteiger partial charge in [0, 0.05) is 25.1 Å². The van der Waals surface area contributed by atoms with Gasteiger partial charge in [-0.1, -0.05) is 0 Å².